The summed E-state index contributed by atoms with van der Waals surface area (Å²) in [6.45, 7) is 0.863. The second kappa shape index (κ2) is 4.93. The maximum absolute atomic E-state index is 9.54. The highest BCUT2D eigenvalue weighted by atomic mass is 16.5. The van der Waals surface area contributed by atoms with E-state index in [0.717, 1.165) is 35.2 Å². The fraction of sp³-hybridized carbons (Fsp3) is 0.222. The lowest BCUT2D eigenvalue weighted by atomic mass is 10.1. The van der Waals surface area contributed by atoms with Gasteiger partial charge in [0.05, 0.1) is 18.7 Å². The molecule has 3 aromatic rings. The summed E-state index contributed by atoms with van der Waals surface area (Å²) in [5.41, 5.74) is 3.36. The summed E-state index contributed by atoms with van der Waals surface area (Å²) in [6.07, 6.45) is 3.18. The van der Waals surface area contributed by atoms with Crippen LogP contribution in [0.3, 0.4) is 0 Å². The third-order valence-electron chi connectivity index (χ3n) is 4.16. The average Bonchev–Trinajstić information content (AvgIpc) is 3.11. The van der Waals surface area contributed by atoms with Crippen molar-refractivity contribution in [1.29, 1.82) is 0 Å². The summed E-state index contributed by atoms with van der Waals surface area (Å²) in [4.78, 5) is 0. The third kappa shape index (κ3) is 2.10. The van der Waals surface area contributed by atoms with Gasteiger partial charge in [-0.05, 0) is 23.1 Å². The van der Waals surface area contributed by atoms with Gasteiger partial charge in [-0.15, -0.1) is 0 Å². The van der Waals surface area contributed by atoms with Gasteiger partial charge in [-0.2, -0.15) is 0 Å². The molecule has 1 aliphatic heterocycles. The number of hydrogen-bond acceptors (Lipinski definition) is 2. The fourth-order valence-corrected chi connectivity index (χ4v) is 3.20. The van der Waals surface area contributed by atoms with Crippen molar-refractivity contribution in [2.75, 3.05) is 0 Å². The second-order valence-corrected chi connectivity index (χ2v) is 5.53. The van der Waals surface area contributed by atoms with Crippen molar-refractivity contribution in [3.05, 3.63) is 65.9 Å². The zero-order chi connectivity index (χ0) is 14.2. The number of benzene rings is 2. The van der Waals surface area contributed by atoms with Crippen molar-refractivity contribution in [2.24, 2.45) is 0 Å². The Balaban J connectivity index is 1.64. The molecule has 0 aliphatic carbocycles. The number of ether oxygens (including phenoxy) is 1. The van der Waals surface area contributed by atoms with Gasteiger partial charge < -0.3 is 14.4 Å². The molecule has 1 atom stereocenters. The van der Waals surface area contributed by atoms with E-state index in [9.17, 15) is 5.11 Å². The van der Waals surface area contributed by atoms with Gasteiger partial charge in [-0.1, -0.05) is 36.4 Å². The topological polar surface area (TPSA) is 34.4 Å². The molecule has 1 unspecified atom stereocenters. The van der Waals surface area contributed by atoms with Gasteiger partial charge in [-0.25, -0.2) is 0 Å². The molecule has 2 heterocycles. The Morgan fingerprint density at radius 2 is 2.00 bits per heavy atom. The van der Waals surface area contributed by atoms with E-state index in [-0.39, 0.29) is 12.7 Å². The van der Waals surface area contributed by atoms with E-state index in [2.05, 4.69) is 35.0 Å². The standard InChI is InChI=1S/C18H17NO2/c20-12-15-6-3-5-13-8-9-19(18(13)15)11-16-10-14-4-1-2-7-17(14)21-16/h1-9,16,20H,10-12H2. The Labute approximate surface area is 123 Å². The first kappa shape index (κ1) is 12.5. The Kier molecular flexibility index (Phi) is 2.93. The first-order chi connectivity index (χ1) is 10.3. The van der Waals surface area contributed by atoms with Crippen LogP contribution in [0, 0.1) is 0 Å². The largest absolute Gasteiger partial charge is 0.488 e. The second-order valence-electron chi connectivity index (χ2n) is 5.53. The molecule has 0 amide bonds. The van der Waals surface area contributed by atoms with Gasteiger partial charge in [0.25, 0.3) is 0 Å². The van der Waals surface area contributed by atoms with E-state index in [1.54, 1.807) is 0 Å². The van der Waals surface area contributed by atoms with Crippen molar-refractivity contribution in [3.8, 4) is 5.75 Å². The molecule has 0 spiro atoms. The van der Waals surface area contributed by atoms with Gasteiger partial charge in [0, 0.05) is 18.2 Å². The maximum Gasteiger partial charge on any atom is 0.123 e. The van der Waals surface area contributed by atoms with Crippen LogP contribution in [-0.4, -0.2) is 15.8 Å². The summed E-state index contributed by atoms with van der Waals surface area (Å²) < 4.78 is 8.21. The van der Waals surface area contributed by atoms with Gasteiger partial charge >= 0.3 is 0 Å². The normalized spacial score (nSPS) is 16.9. The molecule has 1 N–H and O–H groups in total. The van der Waals surface area contributed by atoms with E-state index < -0.39 is 0 Å². The molecule has 0 saturated carbocycles. The maximum atomic E-state index is 9.54. The fourth-order valence-electron chi connectivity index (χ4n) is 3.20. The van der Waals surface area contributed by atoms with Crippen LogP contribution >= 0.6 is 0 Å². The van der Waals surface area contributed by atoms with Crippen molar-refractivity contribution >= 4 is 10.9 Å². The van der Waals surface area contributed by atoms with E-state index >= 15 is 0 Å². The number of hydrogen-bond donors (Lipinski definition) is 1. The van der Waals surface area contributed by atoms with Crippen LogP contribution in [0.25, 0.3) is 10.9 Å². The van der Waals surface area contributed by atoms with Crippen molar-refractivity contribution in [1.82, 2.24) is 4.57 Å². The zero-order valence-corrected chi connectivity index (χ0v) is 11.7. The van der Waals surface area contributed by atoms with Gasteiger partial charge in [0.2, 0.25) is 0 Å². The molecule has 4 rings (SSSR count). The molecule has 0 saturated heterocycles. The molecule has 3 nitrogen and oxygen atoms in total. The summed E-state index contributed by atoms with van der Waals surface area (Å²) in [5.74, 6) is 1.00. The van der Waals surface area contributed by atoms with Crippen LogP contribution in [0.2, 0.25) is 0 Å². The van der Waals surface area contributed by atoms with E-state index in [1.807, 2.05) is 24.3 Å². The minimum absolute atomic E-state index is 0.0626. The van der Waals surface area contributed by atoms with Crippen LogP contribution < -0.4 is 4.74 Å². The quantitative estimate of drug-likeness (QED) is 0.799. The van der Waals surface area contributed by atoms with E-state index in [0.29, 0.717) is 0 Å². The first-order valence-corrected chi connectivity index (χ1v) is 7.27. The molecule has 0 bridgehead atoms. The summed E-state index contributed by atoms with van der Waals surface area (Å²) in [5, 5.41) is 10.7. The highest BCUT2D eigenvalue weighted by molar-refractivity contribution is 5.83. The minimum atomic E-state index is 0.0626. The Morgan fingerprint density at radius 1 is 1.10 bits per heavy atom. The summed E-state index contributed by atoms with van der Waals surface area (Å²) in [6, 6.07) is 16.4. The van der Waals surface area contributed by atoms with Crippen molar-refractivity contribution < 1.29 is 9.84 Å². The lowest BCUT2D eigenvalue weighted by Crippen LogP contribution is -2.20. The Morgan fingerprint density at radius 3 is 2.86 bits per heavy atom. The van der Waals surface area contributed by atoms with Crippen LogP contribution in [0.1, 0.15) is 11.1 Å². The molecule has 0 fully saturated rings. The number of aliphatic hydroxyl groups excluding tert-OH is 1. The molecule has 0 radical (unpaired) electrons. The smallest absolute Gasteiger partial charge is 0.123 e. The van der Waals surface area contributed by atoms with Gasteiger partial charge in [0.1, 0.15) is 11.9 Å². The van der Waals surface area contributed by atoms with Crippen molar-refractivity contribution in [3.63, 3.8) is 0 Å². The van der Waals surface area contributed by atoms with Crippen LogP contribution in [-0.2, 0) is 19.6 Å². The van der Waals surface area contributed by atoms with Crippen LogP contribution in [0.5, 0.6) is 5.75 Å². The Bertz CT molecular complexity index is 766. The predicted octanol–water partition coefficient (Wildman–Crippen LogP) is 3.14. The molecule has 21 heavy (non-hydrogen) atoms. The minimum Gasteiger partial charge on any atom is -0.488 e. The Hall–Kier alpha value is -2.26. The molecular weight excluding hydrogens is 262 g/mol. The molecule has 106 valence electrons. The number of aromatic nitrogens is 1. The van der Waals surface area contributed by atoms with Gasteiger partial charge in [-0.3, -0.25) is 0 Å². The monoisotopic (exact) mass is 279 g/mol. The number of aliphatic hydroxyl groups is 1. The molecule has 3 heteroatoms. The predicted molar refractivity (Wildman–Crippen MR) is 82.4 cm³/mol. The number of para-hydroxylation sites is 2. The zero-order valence-electron chi connectivity index (χ0n) is 11.7. The summed E-state index contributed by atoms with van der Waals surface area (Å²) >= 11 is 0. The van der Waals surface area contributed by atoms with Gasteiger partial charge in [0.15, 0.2) is 0 Å². The third-order valence-corrected chi connectivity index (χ3v) is 4.16. The molecular formula is C18H17NO2. The van der Waals surface area contributed by atoms with E-state index in [1.165, 1.54) is 5.56 Å². The average molecular weight is 279 g/mol. The lowest BCUT2D eigenvalue weighted by molar-refractivity contribution is 0.211. The number of nitrogens with zero attached hydrogens (tertiary/aromatic N) is 1. The number of fused-ring (bicyclic) bond motifs is 2. The van der Waals surface area contributed by atoms with Crippen LogP contribution in [0.15, 0.2) is 54.7 Å². The summed E-state index contributed by atoms with van der Waals surface area (Å²) in [7, 11) is 0. The molecule has 1 aromatic heterocycles. The molecule has 1 aliphatic rings. The first-order valence-electron chi connectivity index (χ1n) is 7.27. The SMILES string of the molecule is OCc1cccc2ccn(CC3Cc4ccccc4O3)c12. The lowest BCUT2D eigenvalue weighted by Gasteiger charge is -2.14. The highest BCUT2D eigenvalue weighted by Crippen LogP contribution is 2.30. The van der Waals surface area contributed by atoms with Crippen LogP contribution in [0.4, 0.5) is 0 Å². The highest BCUT2D eigenvalue weighted by Gasteiger charge is 2.23. The van der Waals surface area contributed by atoms with Crippen molar-refractivity contribution in [2.45, 2.75) is 25.7 Å². The number of rotatable bonds is 3. The molecule has 2 aromatic carbocycles. The van der Waals surface area contributed by atoms with E-state index in [4.69, 9.17) is 4.74 Å².